The molecule has 2 aromatic carbocycles. The second kappa shape index (κ2) is 10.8. The van der Waals surface area contributed by atoms with Gasteiger partial charge < -0.3 is 20.1 Å². The molecule has 6 heteroatoms. The molecule has 180 valence electrons. The van der Waals surface area contributed by atoms with E-state index in [1.807, 2.05) is 0 Å². The van der Waals surface area contributed by atoms with E-state index in [0.29, 0.717) is 23.3 Å². The first-order valence-electron chi connectivity index (χ1n) is 11.9. The number of rotatable bonds is 3. The number of hydrogen-bond acceptors (Lipinski definition) is 5. The molecule has 3 aliphatic rings. The second-order valence-corrected chi connectivity index (χ2v) is 9.38. The molecule has 2 bridgehead atoms. The minimum absolute atomic E-state index is 0. The van der Waals surface area contributed by atoms with Crippen LogP contribution in [0.1, 0.15) is 60.5 Å². The summed E-state index contributed by atoms with van der Waals surface area (Å²) in [7, 11) is 4.12. The fourth-order valence-electron chi connectivity index (χ4n) is 6.14. The molecule has 1 heterocycles. The molecule has 2 aliphatic carbocycles. The minimum Gasteiger partial charge on any atom is -0.497 e. The third kappa shape index (κ3) is 4.99. The van der Waals surface area contributed by atoms with Crippen LogP contribution in [0.3, 0.4) is 0 Å². The number of likely N-dealkylation sites (N-methyl/N-ethyl adjacent to an activating group) is 1. The number of fused-ring (bicyclic) bond motifs is 1. The highest BCUT2D eigenvalue weighted by atomic mass is 35.5. The van der Waals surface area contributed by atoms with E-state index < -0.39 is 0 Å². The van der Waals surface area contributed by atoms with Crippen molar-refractivity contribution in [1.82, 2.24) is 4.90 Å². The van der Waals surface area contributed by atoms with Crippen LogP contribution in [0.4, 0.5) is 5.69 Å². The summed E-state index contributed by atoms with van der Waals surface area (Å²) in [5, 5.41) is 0. The van der Waals surface area contributed by atoms with E-state index in [2.05, 4.69) is 30.1 Å². The molecule has 2 fully saturated rings. The van der Waals surface area contributed by atoms with Gasteiger partial charge in [0, 0.05) is 17.1 Å². The Morgan fingerprint density at radius 2 is 1.91 bits per heavy atom. The highest BCUT2D eigenvalue weighted by Gasteiger charge is 2.53. The van der Waals surface area contributed by atoms with E-state index in [1.165, 1.54) is 45.1 Å². The van der Waals surface area contributed by atoms with Gasteiger partial charge in [-0.05, 0) is 99.6 Å². The molecular weight excluding hydrogens is 436 g/mol. The molecule has 5 rings (SSSR count). The van der Waals surface area contributed by atoms with Gasteiger partial charge in [-0.2, -0.15) is 0 Å². The van der Waals surface area contributed by atoms with Crippen molar-refractivity contribution in [3.8, 4) is 5.75 Å². The van der Waals surface area contributed by atoms with Gasteiger partial charge in [0.25, 0.3) is 0 Å². The van der Waals surface area contributed by atoms with Crippen molar-refractivity contribution in [1.29, 1.82) is 0 Å². The van der Waals surface area contributed by atoms with Crippen LogP contribution in [0.5, 0.6) is 5.75 Å². The summed E-state index contributed by atoms with van der Waals surface area (Å²) in [5.41, 5.74) is 10.3. The average Bonchev–Trinajstić information content (AvgIpc) is 2.82. The largest absolute Gasteiger partial charge is 0.497 e. The topological polar surface area (TPSA) is 64.8 Å². The number of hydrogen-bond donors (Lipinski definition) is 1. The number of carbonyl (C=O) groups is 1. The molecule has 0 amide bonds. The molecule has 2 aromatic rings. The number of halogens is 1. The number of benzene rings is 2. The Kier molecular flexibility index (Phi) is 8.30. The number of esters is 1. The third-order valence-corrected chi connectivity index (χ3v) is 7.74. The Morgan fingerprint density at radius 1 is 1.15 bits per heavy atom. The highest BCUT2D eigenvalue weighted by Crippen LogP contribution is 2.55. The predicted octanol–water partition coefficient (Wildman–Crippen LogP) is 5.25. The van der Waals surface area contributed by atoms with Gasteiger partial charge in [-0.3, -0.25) is 0 Å². The lowest BCUT2D eigenvalue weighted by Crippen LogP contribution is -2.59. The number of methoxy groups -OCH3 is 1. The van der Waals surface area contributed by atoms with Crippen LogP contribution in [0.25, 0.3) is 0 Å². The van der Waals surface area contributed by atoms with Gasteiger partial charge in [-0.25, -0.2) is 4.79 Å². The van der Waals surface area contributed by atoms with Gasteiger partial charge in [-0.15, -0.1) is 12.4 Å². The van der Waals surface area contributed by atoms with Crippen molar-refractivity contribution < 1.29 is 14.3 Å². The molecule has 1 saturated carbocycles. The number of ether oxygens (including phenoxy) is 2. The number of anilines is 1. The van der Waals surface area contributed by atoms with Crippen molar-refractivity contribution in [2.45, 2.75) is 56.9 Å². The van der Waals surface area contributed by atoms with Gasteiger partial charge in [0.15, 0.2) is 0 Å². The van der Waals surface area contributed by atoms with E-state index in [4.69, 9.17) is 15.2 Å². The maximum atomic E-state index is 11.1. The SMILES string of the molecule is CCOC(=O)c1ccc(N)cc1.COc1ccc2c(c1)[C@]13CCCC[C@@H]1[C@H](C2)N(C)CC3.Cl. The van der Waals surface area contributed by atoms with E-state index in [-0.39, 0.29) is 18.4 Å². The van der Waals surface area contributed by atoms with Gasteiger partial charge in [0.05, 0.1) is 19.3 Å². The molecular formula is C27H37ClN2O3. The van der Waals surface area contributed by atoms with E-state index in [0.717, 1.165) is 17.7 Å². The van der Waals surface area contributed by atoms with Crippen molar-refractivity contribution in [2.75, 3.05) is 33.0 Å². The summed E-state index contributed by atoms with van der Waals surface area (Å²) < 4.78 is 10.3. The number of nitrogens with zero attached hydrogens (tertiary/aromatic N) is 1. The standard InChI is InChI=1S/C18H25NO.C9H11NO2.ClH/c1-19-10-9-18-8-4-3-5-15(18)17(19)11-13-6-7-14(20-2)12-16(13)18;1-2-12-9(11)7-3-5-8(10)6-4-7;/h6-7,12,15,17H,3-5,8-11H2,1-2H3;3-6H,2,10H2,1H3;1H/t15-,17+,18+;;/m1../s1. The number of nitrogen functional groups attached to an aromatic ring is 1. The van der Waals surface area contributed by atoms with Crippen LogP contribution in [-0.2, 0) is 16.6 Å². The Balaban J connectivity index is 0.000000205. The second-order valence-electron chi connectivity index (χ2n) is 9.38. The van der Waals surface area contributed by atoms with Gasteiger partial charge >= 0.3 is 5.97 Å². The smallest absolute Gasteiger partial charge is 0.338 e. The quantitative estimate of drug-likeness (QED) is 0.488. The number of likely N-dealkylation sites (tertiary alicyclic amines) is 1. The average molecular weight is 473 g/mol. The molecule has 2 N–H and O–H groups in total. The Labute approximate surface area is 204 Å². The van der Waals surface area contributed by atoms with Gasteiger partial charge in [-0.1, -0.05) is 18.9 Å². The third-order valence-electron chi connectivity index (χ3n) is 7.74. The van der Waals surface area contributed by atoms with Crippen molar-refractivity contribution in [2.24, 2.45) is 5.92 Å². The fraction of sp³-hybridized carbons (Fsp3) is 0.519. The number of nitrogens with two attached hydrogens (primary N) is 1. The first-order chi connectivity index (χ1) is 15.5. The lowest BCUT2D eigenvalue weighted by atomic mass is 9.52. The van der Waals surface area contributed by atoms with Crippen LogP contribution >= 0.6 is 12.4 Å². The molecule has 5 nitrogen and oxygen atoms in total. The molecule has 33 heavy (non-hydrogen) atoms. The summed E-state index contributed by atoms with van der Waals surface area (Å²) in [4.78, 5) is 13.7. The lowest BCUT2D eigenvalue weighted by molar-refractivity contribution is 0.00274. The van der Waals surface area contributed by atoms with Crippen LogP contribution < -0.4 is 10.5 Å². The molecule has 0 unspecified atom stereocenters. The van der Waals surface area contributed by atoms with Crippen LogP contribution in [0.15, 0.2) is 42.5 Å². The summed E-state index contributed by atoms with van der Waals surface area (Å²) in [5.74, 6) is 1.60. The molecule has 3 atom stereocenters. The maximum absolute atomic E-state index is 11.1. The Morgan fingerprint density at radius 3 is 2.61 bits per heavy atom. The van der Waals surface area contributed by atoms with Crippen LogP contribution in [0.2, 0.25) is 0 Å². The van der Waals surface area contributed by atoms with E-state index in [9.17, 15) is 4.79 Å². The molecule has 0 aromatic heterocycles. The first kappa shape index (κ1) is 25.4. The zero-order valence-electron chi connectivity index (χ0n) is 20.0. The minimum atomic E-state index is -0.308. The lowest BCUT2D eigenvalue weighted by Gasteiger charge is -2.58. The highest BCUT2D eigenvalue weighted by molar-refractivity contribution is 5.89. The molecule has 1 aliphatic heterocycles. The summed E-state index contributed by atoms with van der Waals surface area (Å²) in [6.45, 7) is 3.43. The zero-order chi connectivity index (χ0) is 22.7. The van der Waals surface area contributed by atoms with Gasteiger partial charge in [0.2, 0.25) is 0 Å². The number of piperidine rings is 1. The molecule has 0 radical (unpaired) electrons. The van der Waals surface area contributed by atoms with Crippen LogP contribution in [0, 0.1) is 5.92 Å². The molecule has 0 spiro atoms. The van der Waals surface area contributed by atoms with Gasteiger partial charge in [0.1, 0.15) is 5.75 Å². The molecule has 1 saturated heterocycles. The zero-order valence-corrected chi connectivity index (χ0v) is 20.8. The summed E-state index contributed by atoms with van der Waals surface area (Å²) in [6, 6.07) is 14.2. The summed E-state index contributed by atoms with van der Waals surface area (Å²) >= 11 is 0. The predicted molar refractivity (Wildman–Crippen MR) is 135 cm³/mol. The normalized spacial score (nSPS) is 25.3. The van der Waals surface area contributed by atoms with Crippen molar-refractivity contribution >= 4 is 24.1 Å². The number of carbonyl (C=O) groups excluding carboxylic acids is 1. The Hall–Kier alpha value is -2.24. The summed E-state index contributed by atoms with van der Waals surface area (Å²) in [6.07, 6.45) is 8.22. The van der Waals surface area contributed by atoms with Crippen LogP contribution in [-0.4, -0.2) is 44.2 Å². The fourth-order valence-corrected chi connectivity index (χ4v) is 6.14. The van der Waals surface area contributed by atoms with Crippen molar-refractivity contribution in [3.05, 3.63) is 59.2 Å². The van der Waals surface area contributed by atoms with E-state index >= 15 is 0 Å². The Bertz CT molecular complexity index is 949. The monoisotopic (exact) mass is 472 g/mol. The van der Waals surface area contributed by atoms with Crippen molar-refractivity contribution in [3.63, 3.8) is 0 Å². The van der Waals surface area contributed by atoms with E-state index in [1.54, 1.807) is 49.4 Å². The maximum Gasteiger partial charge on any atom is 0.338 e. The first-order valence-corrected chi connectivity index (χ1v) is 11.9.